The lowest BCUT2D eigenvalue weighted by Crippen LogP contribution is -2.16. The quantitative estimate of drug-likeness (QED) is 0.0795. The monoisotopic (exact) mass is 740 g/mol. The summed E-state index contributed by atoms with van der Waals surface area (Å²) in [6, 6.07) is 35.2. The Kier molecular flexibility index (Phi) is 10.4. The van der Waals surface area contributed by atoms with Crippen molar-refractivity contribution in [1.29, 1.82) is 0 Å². The SMILES string of the molecule is COc1cc(C)c([C+](c2c(C)cc(OC)cc2C)c2c3ccccc3c([C+](c3c(C)cc(OC)cc3C)c3c(C)cc(OC)cc3C)c3ccccc23)c(C)c1. The van der Waals surface area contributed by atoms with Gasteiger partial charge in [0.1, 0.15) is 23.0 Å². The van der Waals surface area contributed by atoms with Crippen molar-refractivity contribution in [3.8, 4) is 23.0 Å². The summed E-state index contributed by atoms with van der Waals surface area (Å²) in [6.45, 7) is 17.6. The van der Waals surface area contributed by atoms with E-state index in [4.69, 9.17) is 18.9 Å². The van der Waals surface area contributed by atoms with E-state index in [0.29, 0.717) is 0 Å². The molecular formula is C52H52O4+2. The third-order valence-electron chi connectivity index (χ3n) is 11.4. The van der Waals surface area contributed by atoms with E-state index in [1.807, 2.05) is 0 Å². The van der Waals surface area contributed by atoms with E-state index in [0.717, 1.165) is 67.5 Å². The highest BCUT2D eigenvalue weighted by Crippen LogP contribution is 2.51. The van der Waals surface area contributed by atoms with E-state index < -0.39 is 0 Å². The van der Waals surface area contributed by atoms with Gasteiger partial charge in [-0.2, -0.15) is 0 Å². The second-order valence-electron chi connectivity index (χ2n) is 15.1. The molecule has 4 heteroatoms. The van der Waals surface area contributed by atoms with Gasteiger partial charge in [-0.1, -0.05) is 24.3 Å². The van der Waals surface area contributed by atoms with Crippen molar-refractivity contribution < 1.29 is 18.9 Å². The van der Waals surface area contributed by atoms with Crippen LogP contribution in [-0.4, -0.2) is 28.4 Å². The third-order valence-corrected chi connectivity index (χ3v) is 11.4. The van der Waals surface area contributed by atoms with Gasteiger partial charge < -0.3 is 18.9 Å². The fraction of sp³-hybridized carbons (Fsp3) is 0.231. The van der Waals surface area contributed by atoms with Gasteiger partial charge in [-0.3, -0.25) is 0 Å². The Bertz CT molecular complexity index is 2180. The summed E-state index contributed by atoms with van der Waals surface area (Å²) in [6.07, 6.45) is 0. The van der Waals surface area contributed by atoms with Crippen molar-refractivity contribution in [3.63, 3.8) is 0 Å². The molecule has 7 rings (SSSR count). The average molecular weight is 741 g/mol. The van der Waals surface area contributed by atoms with Gasteiger partial charge in [-0.05, 0) is 79.7 Å². The van der Waals surface area contributed by atoms with Crippen molar-refractivity contribution in [2.45, 2.75) is 55.4 Å². The largest absolute Gasteiger partial charge is 0.496 e. The minimum absolute atomic E-state index is 0.853. The molecule has 0 aromatic heterocycles. The Morgan fingerprint density at radius 3 is 0.625 bits per heavy atom. The molecule has 0 saturated heterocycles. The number of methoxy groups -OCH3 is 4. The summed E-state index contributed by atoms with van der Waals surface area (Å²) in [5.41, 5.74) is 16.5. The lowest BCUT2D eigenvalue weighted by atomic mass is 9.71. The first kappa shape index (κ1) is 38.3. The minimum Gasteiger partial charge on any atom is -0.496 e. The molecule has 56 heavy (non-hydrogen) atoms. The van der Waals surface area contributed by atoms with Crippen LogP contribution in [0.15, 0.2) is 97.1 Å². The summed E-state index contributed by atoms with van der Waals surface area (Å²) >= 11 is 0. The van der Waals surface area contributed by atoms with Crippen LogP contribution >= 0.6 is 0 Å². The summed E-state index contributed by atoms with van der Waals surface area (Å²) in [5, 5.41) is 4.74. The topological polar surface area (TPSA) is 36.9 Å². The molecule has 7 aromatic rings. The van der Waals surface area contributed by atoms with Crippen molar-refractivity contribution >= 4 is 21.5 Å². The Hall–Kier alpha value is -6.00. The normalized spacial score (nSPS) is 11.2. The molecule has 0 radical (unpaired) electrons. The van der Waals surface area contributed by atoms with Gasteiger partial charge in [0, 0.05) is 93.0 Å². The van der Waals surface area contributed by atoms with Crippen molar-refractivity contribution in [1.82, 2.24) is 0 Å². The molecule has 0 saturated carbocycles. The van der Waals surface area contributed by atoms with E-state index >= 15 is 0 Å². The van der Waals surface area contributed by atoms with E-state index in [1.165, 1.54) is 66.8 Å². The molecule has 0 atom stereocenters. The van der Waals surface area contributed by atoms with Crippen molar-refractivity contribution in [3.05, 3.63) is 187 Å². The van der Waals surface area contributed by atoms with Crippen LogP contribution in [0.3, 0.4) is 0 Å². The number of benzene rings is 7. The Labute approximate surface area is 333 Å². The number of rotatable bonds is 10. The van der Waals surface area contributed by atoms with Crippen molar-refractivity contribution in [2.24, 2.45) is 0 Å². The maximum Gasteiger partial charge on any atom is 0.130 e. The van der Waals surface area contributed by atoms with Gasteiger partial charge in [0.05, 0.1) is 95.2 Å². The van der Waals surface area contributed by atoms with Crippen LogP contribution in [-0.2, 0) is 0 Å². The molecule has 4 nitrogen and oxygen atoms in total. The fourth-order valence-electron chi connectivity index (χ4n) is 9.16. The lowest BCUT2D eigenvalue weighted by Gasteiger charge is -2.26. The van der Waals surface area contributed by atoms with Crippen LogP contribution in [0.2, 0.25) is 0 Å². The predicted molar refractivity (Wildman–Crippen MR) is 232 cm³/mol. The average Bonchev–Trinajstić information content (AvgIpc) is 3.17. The molecule has 0 unspecified atom stereocenters. The van der Waals surface area contributed by atoms with Crippen molar-refractivity contribution in [2.75, 3.05) is 28.4 Å². The maximum absolute atomic E-state index is 5.79. The Balaban J connectivity index is 1.69. The molecular weight excluding hydrogens is 689 g/mol. The zero-order chi connectivity index (χ0) is 40.0. The standard InChI is InChI=1S/C52H52O4/c1-29-21-37(53-9)22-30(2)45(29)51(46-31(3)23-38(54-10)24-32(46)4)49-41-17-13-15-19-43(41)50(44-20-16-14-18-42(44)49)52(47-33(5)25-39(55-11)26-34(47)6)48-35(7)27-40(56-12)28-36(48)8/h13-28H,1-12H3/q+2. The highest BCUT2D eigenvalue weighted by atomic mass is 16.5. The van der Waals surface area contributed by atoms with Crippen LogP contribution in [0.4, 0.5) is 0 Å². The van der Waals surface area contributed by atoms with Gasteiger partial charge in [0.15, 0.2) is 0 Å². The Morgan fingerprint density at radius 1 is 0.286 bits per heavy atom. The second kappa shape index (κ2) is 15.3. The summed E-state index contributed by atoms with van der Waals surface area (Å²) < 4.78 is 23.2. The predicted octanol–water partition coefficient (Wildman–Crippen LogP) is 12.5. The van der Waals surface area contributed by atoms with Gasteiger partial charge in [0.25, 0.3) is 0 Å². The van der Waals surface area contributed by atoms with E-state index in [9.17, 15) is 0 Å². The lowest BCUT2D eigenvalue weighted by molar-refractivity contribution is 0.413. The fourth-order valence-corrected chi connectivity index (χ4v) is 9.16. The first-order valence-corrected chi connectivity index (χ1v) is 19.2. The van der Waals surface area contributed by atoms with Crippen LogP contribution in [0.25, 0.3) is 21.5 Å². The number of aryl methyl sites for hydroxylation is 8. The summed E-state index contributed by atoms with van der Waals surface area (Å²) in [5.74, 6) is 5.82. The molecule has 0 heterocycles. The molecule has 0 N–H and O–H groups in total. The number of hydrogen-bond donors (Lipinski definition) is 0. The first-order valence-electron chi connectivity index (χ1n) is 19.2. The second-order valence-corrected chi connectivity index (χ2v) is 15.1. The molecule has 0 amide bonds. The minimum atomic E-state index is 0.853. The van der Waals surface area contributed by atoms with E-state index in [2.05, 4.69) is 152 Å². The third kappa shape index (κ3) is 6.47. The van der Waals surface area contributed by atoms with Crippen LogP contribution in [0.5, 0.6) is 23.0 Å². The van der Waals surface area contributed by atoms with Gasteiger partial charge in [0.2, 0.25) is 0 Å². The zero-order valence-electron chi connectivity index (χ0n) is 34.9. The van der Waals surface area contributed by atoms with Gasteiger partial charge >= 0.3 is 0 Å². The first-order chi connectivity index (χ1) is 26.9. The molecule has 0 aliphatic carbocycles. The molecule has 0 spiro atoms. The summed E-state index contributed by atoms with van der Waals surface area (Å²) in [7, 11) is 6.95. The maximum atomic E-state index is 5.79. The highest BCUT2D eigenvalue weighted by Gasteiger charge is 2.39. The summed E-state index contributed by atoms with van der Waals surface area (Å²) in [4.78, 5) is 0. The molecule has 0 aliphatic heterocycles. The number of ether oxygens (including phenoxy) is 4. The van der Waals surface area contributed by atoms with Crippen LogP contribution < -0.4 is 18.9 Å². The number of fused-ring (bicyclic) bond motifs is 2. The number of hydrogen-bond acceptors (Lipinski definition) is 4. The van der Waals surface area contributed by atoms with Crippen LogP contribution in [0.1, 0.15) is 77.9 Å². The molecule has 0 fully saturated rings. The zero-order valence-corrected chi connectivity index (χ0v) is 34.9. The smallest absolute Gasteiger partial charge is 0.130 e. The van der Waals surface area contributed by atoms with Gasteiger partial charge in [-0.15, -0.1) is 0 Å². The Morgan fingerprint density at radius 2 is 0.464 bits per heavy atom. The molecule has 7 aromatic carbocycles. The molecule has 0 aliphatic rings. The van der Waals surface area contributed by atoms with E-state index in [1.54, 1.807) is 28.4 Å². The highest BCUT2D eigenvalue weighted by molar-refractivity contribution is 6.11. The van der Waals surface area contributed by atoms with Crippen LogP contribution in [0, 0.1) is 67.2 Å². The van der Waals surface area contributed by atoms with E-state index in [-0.39, 0.29) is 0 Å². The molecule has 0 bridgehead atoms. The molecule has 282 valence electrons. The van der Waals surface area contributed by atoms with Gasteiger partial charge in [-0.25, -0.2) is 0 Å².